The van der Waals surface area contributed by atoms with E-state index in [1.54, 1.807) is 30.3 Å². The van der Waals surface area contributed by atoms with Gasteiger partial charge in [-0.3, -0.25) is 4.79 Å². The molecule has 0 N–H and O–H groups in total. The maximum absolute atomic E-state index is 12.2. The number of carbonyl (C=O) groups excluding carboxylic acids is 1. The lowest BCUT2D eigenvalue weighted by molar-refractivity contribution is -0.144. The fourth-order valence-corrected chi connectivity index (χ4v) is 2.83. The van der Waals surface area contributed by atoms with Gasteiger partial charge in [0.2, 0.25) is 0 Å². The van der Waals surface area contributed by atoms with Gasteiger partial charge in [-0.2, -0.15) is 0 Å². The second kappa shape index (κ2) is 5.58. The van der Waals surface area contributed by atoms with Gasteiger partial charge in [0.1, 0.15) is 17.8 Å². The molecule has 0 saturated carbocycles. The van der Waals surface area contributed by atoms with Gasteiger partial charge in [0.25, 0.3) is 0 Å². The number of ether oxygens (including phenoxy) is 2. The van der Waals surface area contributed by atoms with E-state index in [1.165, 1.54) is 7.11 Å². The first-order valence-electron chi connectivity index (χ1n) is 6.39. The summed E-state index contributed by atoms with van der Waals surface area (Å²) < 4.78 is 10.8. The van der Waals surface area contributed by atoms with E-state index < -0.39 is 12.0 Å². The molecule has 0 saturated heterocycles. The number of fused-ring (bicyclic) bond motifs is 1. The topological polar surface area (TPSA) is 35.5 Å². The van der Waals surface area contributed by atoms with Crippen molar-refractivity contribution in [1.29, 1.82) is 0 Å². The lowest BCUT2D eigenvalue weighted by Crippen LogP contribution is -2.20. The monoisotopic (exact) mass is 322 g/mol. The molecular formula is C16H12Cl2O3. The van der Waals surface area contributed by atoms with Gasteiger partial charge in [0, 0.05) is 15.6 Å². The number of hydrogen-bond acceptors (Lipinski definition) is 3. The summed E-state index contributed by atoms with van der Waals surface area (Å²) >= 11 is 11.9. The average Bonchev–Trinajstić information content (AvgIpc) is 2.85. The highest BCUT2D eigenvalue weighted by Crippen LogP contribution is 2.47. The van der Waals surface area contributed by atoms with Crippen molar-refractivity contribution in [2.24, 2.45) is 0 Å². The molecule has 0 spiro atoms. The predicted octanol–water partition coefficient (Wildman–Crippen LogP) is 4.38. The minimum Gasteiger partial charge on any atom is -0.484 e. The van der Waals surface area contributed by atoms with Gasteiger partial charge in [-0.25, -0.2) is 0 Å². The van der Waals surface area contributed by atoms with Gasteiger partial charge in [0.15, 0.2) is 0 Å². The van der Waals surface area contributed by atoms with Crippen LogP contribution in [0, 0.1) is 0 Å². The molecule has 0 fully saturated rings. The van der Waals surface area contributed by atoms with Gasteiger partial charge in [-0.05, 0) is 35.9 Å². The molecule has 2 aromatic rings. The fraction of sp³-hybridized carbons (Fsp3) is 0.188. The molecule has 0 aliphatic carbocycles. The first-order valence-corrected chi connectivity index (χ1v) is 7.15. The SMILES string of the molecule is COC(=O)C1c2cc(Cl)ccc2OC1c1ccc(Cl)cc1. The van der Waals surface area contributed by atoms with Crippen LogP contribution in [0.1, 0.15) is 23.1 Å². The standard InChI is InChI=1S/C16H12Cl2O3/c1-20-16(19)14-12-8-11(18)6-7-13(12)21-15(14)9-2-4-10(17)5-3-9/h2-8,14-15H,1H3. The van der Waals surface area contributed by atoms with Crippen LogP contribution in [0.2, 0.25) is 10.0 Å². The van der Waals surface area contributed by atoms with E-state index in [1.807, 2.05) is 12.1 Å². The molecule has 108 valence electrons. The molecule has 1 aliphatic heterocycles. The number of halogens is 2. The summed E-state index contributed by atoms with van der Waals surface area (Å²) in [4.78, 5) is 12.2. The van der Waals surface area contributed by atoms with Gasteiger partial charge in [-0.15, -0.1) is 0 Å². The second-order valence-corrected chi connectivity index (χ2v) is 5.65. The van der Waals surface area contributed by atoms with Crippen LogP contribution in [-0.2, 0) is 9.53 Å². The summed E-state index contributed by atoms with van der Waals surface area (Å²) in [6.45, 7) is 0. The molecular weight excluding hydrogens is 311 g/mol. The van der Waals surface area contributed by atoms with E-state index in [0.717, 1.165) is 11.1 Å². The lowest BCUT2D eigenvalue weighted by Gasteiger charge is -2.17. The van der Waals surface area contributed by atoms with Crippen LogP contribution in [0.25, 0.3) is 0 Å². The Balaban J connectivity index is 2.05. The van der Waals surface area contributed by atoms with E-state index in [9.17, 15) is 4.79 Å². The van der Waals surface area contributed by atoms with Crippen molar-refractivity contribution < 1.29 is 14.3 Å². The zero-order valence-electron chi connectivity index (χ0n) is 11.2. The Morgan fingerprint density at radius 2 is 1.76 bits per heavy atom. The van der Waals surface area contributed by atoms with E-state index in [-0.39, 0.29) is 5.97 Å². The Morgan fingerprint density at radius 3 is 2.43 bits per heavy atom. The summed E-state index contributed by atoms with van der Waals surface area (Å²) in [5, 5.41) is 1.19. The number of benzene rings is 2. The van der Waals surface area contributed by atoms with E-state index in [2.05, 4.69) is 0 Å². The molecule has 2 aromatic carbocycles. The van der Waals surface area contributed by atoms with Crippen LogP contribution in [0.4, 0.5) is 0 Å². The van der Waals surface area contributed by atoms with Crippen molar-refractivity contribution >= 4 is 29.2 Å². The third-order valence-corrected chi connectivity index (χ3v) is 4.00. The van der Waals surface area contributed by atoms with Gasteiger partial charge in [0.05, 0.1) is 7.11 Å². The number of carbonyl (C=O) groups is 1. The van der Waals surface area contributed by atoms with Crippen LogP contribution in [0.5, 0.6) is 5.75 Å². The smallest absolute Gasteiger partial charge is 0.317 e. The van der Waals surface area contributed by atoms with Crippen LogP contribution in [-0.4, -0.2) is 13.1 Å². The molecule has 0 aromatic heterocycles. The van der Waals surface area contributed by atoms with Crippen molar-refractivity contribution in [3.8, 4) is 5.75 Å². The maximum Gasteiger partial charge on any atom is 0.317 e. The van der Waals surface area contributed by atoms with Crippen molar-refractivity contribution in [3.63, 3.8) is 0 Å². The van der Waals surface area contributed by atoms with Crippen molar-refractivity contribution in [3.05, 3.63) is 63.6 Å². The molecule has 1 aliphatic rings. The zero-order chi connectivity index (χ0) is 15.0. The Hall–Kier alpha value is -1.71. The van der Waals surface area contributed by atoms with Gasteiger partial charge in [-0.1, -0.05) is 35.3 Å². The summed E-state index contributed by atoms with van der Waals surface area (Å²) in [6, 6.07) is 12.5. The third-order valence-electron chi connectivity index (χ3n) is 3.52. The number of methoxy groups -OCH3 is 1. The molecule has 2 unspecified atom stereocenters. The second-order valence-electron chi connectivity index (χ2n) is 4.77. The number of esters is 1. The van der Waals surface area contributed by atoms with Crippen LogP contribution < -0.4 is 4.74 Å². The predicted molar refractivity (Wildman–Crippen MR) is 81.0 cm³/mol. The van der Waals surface area contributed by atoms with Crippen molar-refractivity contribution in [1.82, 2.24) is 0 Å². The first-order chi connectivity index (χ1) is 10.1. The number of hydrogen-bond donors (Lipinski definition) is 0. The Kier molecular flexibility index (Phi) is 3.79. The Bertz CT molecular complexity index is 682. The quantitative estimate of drug-likeness (QED) is 0.769. The molecule has 3 nitrogen and oxygen atoms in total. The largest absolute Gasteiger partial charge is 0.484 e. The summed E-state index contributed by atoms with van der Waals surface area (Å²) in [7, 11) is 1.36. The van der Waals surface area contributed by atoms with E-state index in [0.29, 0.717) is 15.8 Å². The van der Waals surface area contributed by atoms with Gasteiger partial charge < -0.3 is 9.47 Å². The molecule has 0 radical (unpaired) electrons. The molecule has 2 atom stereocenters. The Morgan fingerprint density at radius 1 is 1.10 bits per heavy atom. The van der Waals surface area contributed by atoms with Crippen molar-refractivity contribution in [2.75, 3.05) is 7.11 Å². The van der Waals surface area contributed by atoms with Crippen LogP contribution in [0.3, 0.4) is 0 Å². The average molecular weight is 323 g/mol. The highest BCUT2D eigenvalue weighted by atomic mass is 35.5. The lowest BCUT2D eigenvalue weighted by atomic mass is 9.91. The molecule has 3 rings (SSSR count). The first kappa shape index (κ1) is 14.2. The zero-order valence-corrected chi connectivity index (χ0v) is 12.7. The highest BCUT2D eigenvalue weighted by molar-refractivity contribution is 6.31. The molecule has 0 bridgehead atoms. The normalized spacial score (nSPS) is 19.8. The molecule has 5 heteroatoms. The molecule has 0 amide bonds. The summed E-state index contributed by atoms with van der Waals surface area (Å²) in [5.74, 6) is -0.240. The molecule has 21 heavy (non-hydrogen) atoms. The summed E-state index contributed by atoms with van der Waals surface area (Å²) in [6.07, 6.45) is -0.441. The number of rotatable bonds is 2. The third kappa shape index (κ3) is 2.59. The minimum absolute atomic E-state index is 0.351. The maximum atomic E-state index is 12.2. The Labute approximate surface area is 132 Å². The van der Waals surface area contributed by atoms with Crippen LogP contribution >= 0.6 is 23.2 Å². The molecule has 1 heterocycles. The van der Waals surface area contributed by atoms with Crippen LogP contribution in [0.15, 0.2) is 42.5 Å². The minimum atomic E-state index is -0.537. The van der Waals surface area contributed by atoms with E-state index in [4.69, 9.17) is 32.7 Å². The fourth-order valence-electron chi connectivity index (χ4n) is 2.53. The highest BCUT2D eigenvalue weighted by Gasteiger charge is 2.41. The van der Waals surface area contributed by atoms with Crippen molar-refractivity contribution in [2.45, 2.75) is 12.0 Å². The summed E-state index contributed by atoms with van der Waals surface area (Å²) in [5.41, 5.74) is 1.61. The van der Waals surface area contributed by atoms with Gasteiger partial charge >= 0.3 is 5.97 Å². The van der Waals surface area contributed by atoms with E-state index >= 15 is 0 Å².